The fourth-order valence-electron chi connectivity index (χ4n) is 3.34. The van der Waals surface area contributed by atoms with Crippen molar-refractivity contribution in [2.24, 2.45) is 5.41 Å². The summed E-state index contributed by atoms with van der Waals surface area (Å²) in [6.45, 7) is 13.1. The molecule has 1 saturated carbocycles. The van der Waals surface area contributed by atoms with E-state index in [-0.39, 0.29) is 0 Å². The maximum absolute atomic E-state index is 3.51. The topological polar surface area (TPSA) is 15.3 Å². The van der Waals surface area contributed by atoms with Gasteiger partial charge in [0, 0.05) is 31.2 Å². The molecule has 1 unspecified atom stereocenters. The molecule has 1 aliphatic heterocycles. The van der Waals surface area contributed by atoms with E-state index in [0.29, 0.717) is 11.0 Å². The van der Waals surface area contributed by atoms with Gasteiger partial charge in [0.2, 0.25) is 0 Å². The molecule has 1 N–H and O–H groups in total. The van der Waals surface area contributed by atoms with Crippen LogP contribution in [0, 0.1) is 5.41 Å². The molecule has 0 amide bonds. The normalized spacial score (nSPS) is 35.6. The van der Waals surface area contributed by atoms with Crippen LogP contribution in [0.15, 0.2) is 0 Å². The molecule has 15 heavy (non-hydrogen) atoms. The number of nitrogens with one attached hydrogen (secondary N) is 1. The molecule has 1 aliphatic carbocycles. The van der Waals surface area contributed by atoms with E-state index in [1.54, 1.807) is 0 Å². The third-order valence-corrected chi connectivity index (χ3v) is 4.25. The Labute approximate surface area is 94.4 Å². The van der Waals surface area contributed by atoms with Crippen molar-refractivity contribution < 1.29 is 0 Å². The first-order valence-electron chi connectivity index (χ1n) is 6.38. The van der Waals surface area contributed by atoms with Crippen molar-refractivity contribution in [2.45, 2.75) is 58.5 Å². The van der Waals surface area contributed by atoms with Crippen molar-refractivity contribution in [2.75, 3.05) is 19.6 Å². The van der Waals surface area contributed by atoms with E-state index in [1.807, 2.05) is 0 Å². The highest BCUT2D eigenvalue weighted by Crippen LogP contribution is 2.41. The Kier molecular flexibility index (Phi) is 2.85. The molecule has 0 radical (unpaired) electrons. The minimum absolute atomic E-state index is 0.351. The monoisotopic (exact) mass is 210 g/mol. The molecule has 0 aromatic heterocycles. The minimum atomic E-state index is 0.351. The number of nitrogens with zero attached hydrogens (tertiary/aromatic N) is 1. The van der Waals surface area contributed by atoms with Gasteiger partial charge in [0.05, 0.1) is 0 Å². The van der Waals surface area contributed by atoms with Crippen LogP contribution in [-0.2, 0) is 0 Å². The van der Waals surface area contributed by atoms with E-state index in [9.17, 15) is 0 Å². The zero-order valence-electron chi connectivity index (χ0n) is 10.8. The van der Waals surface area contributed by atoms with E-state index in [2.05, 4.69) is 37.9 Å². The minimum Gasteiger partial charge on any atom is -0.314 e. The highest BCUT2D eigenvalue weighted by molar-refractivity contribution is 4.97. The quantitative estimate of drug-likeness (QED) is 0.714. The van der Waals surface area contributed by atoms with Gasteiger partial charge in [0.15, 0.2) is 0 Å². The molecule has 1 saturated heterocycles. The van der Waals surface area contributed by atoms with Crippen molar-refractivity contribution in [1.82, 2.24) is 10.2 Å². The van der Waals surface area contributed by atoms with E-state index in [1.165, 1.54) is 32.4 Å². The largest absolute Gasteiger partial charge is 0.314 e. The summed E-state index contributed by atoms with van der Waals surface area (Å²) in [6, 6.07) is 0.831. The highest BCUT2D eigenvalue weighted by atomic mass is 15.3. The molecular weight excluding hydrogens is 184 g/mol. The Morgan fingerprint density at radius 1 is 1.20 bits per heavy atom. The van der Waals surface area contributed by atoms with E-state index in [4.69, 9.17) is 0 Å². The lowest BCUT2D eigenvalue weighted by Gasteiger charge is -2.46. The predicted octanol–water partition coefficient (Wildman–Crippen LogP) is 2.25. The van der Waals surface area contributed by atoms with Crippen LogP contribution in [0.3, 0.4) is 0 Å². The van der Waals surface area contributed by atoms with Gasteiger partial charge in [0.1, 0.15) is 0 Å². The smallest absolute Gasteiger partial charge is 0.0281 e. The number of hydrogen-bond acceptors (Lipinski definition) is 2. The predicted molar refractivity (Wildman–Crippen MR) is 65.1 cm³/mol. The third-order valence-electron chi connectivity index (χ3n) is 4.25. The molecule has 2 heteroatoms. The van der Waals surface area contributed by atoms with Gasteiger partial charge in [-0.25, -0.2) is 0 Å². The Morgan fingerprint density at radius 3 is 2.47 bits per heavy atom. The zero-order chi connectivity index (χ0) is 11.1. The summed E-state index contributed by atoms with van der Waals surface area (Å²) in [5.41, 5.74) is 0.926. The molecular formula is C13H26N2. The third kappa shape index (κ3) is 2.36. The van der Waals surface area contributed by atoms with Gasteiger partial charge in [0.25, 0.3) is 0 Å². The van der Waals surface area contributed by atoms with Gasteiger partial charge in [-0.3, -0.25) is 4.90 Å². The number of rotatable bonds is 1. The first-order valence-corrected chi connectivity index (χ1v) is 6.38. The van der Waals surface area contributed by atoms with E-state index in [0.717, 1.165) is 12.6 Å². The zero-order valence-corrected chi connectivity index (χ0v) is 10.8. The van der Waals surface area contributed by atoms with E-state index < -0.39 is 0 Å². The lowest BCUT2D eigenvalue weighted by atomic mass is 9.90. The molecule has 2 nitrogen and oxygen atoms in total. The molecule has 0 spiro atoms. The number of piperazine rings is 1. The van der Waals surface area contributed by atoms with Crippen molar-refractivity contribution in [3.8, 4) is 0 Å². The van der Waals surface area contributed by atoms with Crippen LogP contribution in [0.2, 0.25) is 0 Å². The second-order valence-corrected chi connectivity index (χ2v) is 6.74. The molecule has 1 heterocycles. The SMILES string of the molecule is CC1(C)CCC(N2CCNCC2(C)C)C1. The van der Waals surface area contributed by atoms with Crippen molar-refractivity contribution >= 4 is 0 Å². The standard InChI is InChI=1S/C13H26N2/c1-12(2)6-5-11(9-12)15-8-7-14-10-13(15,3)4/h11,14H,5-10H2,1-4H3. The van der Waals surface area contributed by atoms with Gasteiger partial charge in [-0.1, -0.05) is 13.8 Å². The molecule has 0 bridgehead atoms. The van der Waals surface area contributed by atoms with Crippen molar-refractivity contribution in [3.05, 3.63) is 0 Å². The van der Waals surface area contributed by atoms with Gasteiger partial charge in [-0.2, -0.15) is 0 Å². The molecule has 0 aromatic carbocycles. The molecule has 88 valence electrons. The second kappa shape index (κ2) is 3.74. The molecule has 2 fully saturated rings. The fourth-order valence-corrected chi connectivity index (χ4v) is 3.34. The summed E-state index contributed by atoms with van der Waals surface area (Å²) in [5, 5.41) is 3.51. The number of hydrogen-bond donors (Lipinski definition) is 1. The summed E-state index contributed by atoms with van der Waals surface area (Å²) < 4.78 is 0. The van der Waals surface area contributed by atoms with Crippen LogP contribution in [0.1, 0.15) is 47.0 Å². The maximum atomic E-state index is 3.51. The fraction of sp³-hybridized carbons (Fsp3) is 1.00. The Morgan fingerprint density at radius 2 is 1.93 bits per heavy atom. The molecule has 1 atom stereocenters. The van der Waals surface area contributed by atoms with Crippen LogP contribution in [0.5, 0.6) is 0 Å². The van der Waals surface area contributed by atoms with Crippen LogP contribution in [-0.4, -0.2) is 36.1 Å². The highest BCUT2D eigenvalue weighted by Gasteiger charge is 2.40. The lowest BCUT2D eigenvalue weighted by Crippen LogP contribution is -2.60. The van der Waals surface area contributed by atoms with Crippen LogP contribution >= 0.6 is 0 Å². The summed E-state index contributed by atoms with van der Waals surface area (Å²) in [4.78, 5) is 2.75. The summed E-state index contributed by atoms with van der Waals surface area (Å²) in [6.07, 6.45) is 4.19. The van der Waals surface area contributed by atoms with Crippen LogP contribution in [0.25, 0.3) is 0 Å². The molecule has 2 aliphatic rings. The Bertz CT molecular complexity index is 233. The summed E-state index contributed by atoms with van der Waals surface area (Å²) in [5.74, 6) is 0. The van der Waals surface area contributed by atoms with E-state index >= 15 is 0 Å². The van der Waals surface area contributed by atoms with Crippen molar-refractivity contribution in [1.29, 1.82) is 0 Å². The molecule has 0 aromatic rings. The average Bonchev–Trinajstić information content (AvgIpc) is 2.45. The van der Waals surface area contributed by atoms with Crippen LogP contribution in [0.4, 0.5) is 0 Å². The lowest BCUT2D eigenvalue weighted by molar-refractivity contribution is 0.0433. The van der Waals surface area contributed by atoms with Gasteiger partial charge in [-0.05, 0) is 38.5 Å². The van der Waals surface area contributed by atoms with Gasteiger partial charge >= 0.3 is 0 Å². The Hall–Kier alpha value is -0.0800. The maximum Gasteiger partial charge on any atom is 0.0281 e. The van der Waals surface area contributed by atoms with Crippen molar-refractivity contribution in [3.63, 3.8) is 0 Å². The first kappa shape index (κ1) is 11.4. The summed E-state index contributed by atoms with van der Waals surface area (Å²) in [7, 11) is 0. The average molecular weight is 210 g/mol. The first-order chi connectivity index (χ1) is 6.91. The van der Waals surface area contributed by atoms with Gasteiger partial charge in [-0.15, -0.1) is 0 Å². The van der Waals surface area contributed by atoms with Crippen LogP contribution < -0.4 is 5.32 Å². The molecule has 2 rings (SSSR count). The Balaban J connectivity index is 2.04. The van der Waals surface area contributed by atoms with Gasteiger partial charge < -0.3 is 5.32 Å². The second-order valence-electron chi connectivity index (χ2n) is 6.74. The summed E-state index contributed by atoms with van der Waals surface area (Å²) >= 11 is 0.